The van der Waals surface area contributed by atoms with Crippen LogP contribution in [0, 0.1) is 0 Å². The first-order valence-electron chi connectivity index (χ1n) is 4.57. The van der Waals surface area contributed by atoms with Crippen LogP contribution < -0.4 is 0 Å². The molecule has 0 atom stereocenters. The van der Waals surface area contributed by atoms with Crippen LogP contribution in [0.3, 0.4) is 0 Å². The van der Waals surface area contributed by atoms with Gasteiger partial charge in [-0.25, -0.2) is 4.98 Å². The molecular formula is C11H13NOS. The normalized spacial score (nSPS) is 11.9. The summed E-state index contributed by atoms with van der Waals surface area (Å²) in [5, 5.41) is 2.05. The Morgan fingerprint density at radius 1 is 1.36 bits per heavy atom. The summed E-state index contributed by atoms with van der Waals surface area (Å²) >= 11 is 1.68. The Kier molecular flexibility index (Phi) is 2.19. The van der Waals surface area contributed by atoms with E-state index in [-0.39, 0.29) is 5.41 Å². The molecule has 74 valence electrons. The van der Waals surface area contributed by atoms with Crippen LogP contribution in [0.1, 0.15) is 26.5 Å². The van der Waals surface area contributed by atoms with E-state index in [1.165, 1.54) is 6.39 Å². The Balaban J connectivity index is 2.51. The fraction of sp³-hybridized carbons (Fsp3) is 0.364. The quantitative estimate of drug-likeness (QED) is 0.712. The van der Waals surface area contributed by atoms with Gasteiger partial charge >= 0.3 is 0 Å². The summed E-state index contributed by atoms with van der Waals surface area (Å²) in [5.74, 6) is 0.910. The molecular weight excluding hydrogens is 194 g/mol. The third-order valence-electron chi connectivity index (χ3n) is 2.02. The van der Waals surface area contributed by atoms with Crippen molar-refractivity contribution >= 4 is 11.3 Å². The monoisotopic (exact) mass is 207 g/mol. The minimum absolute atomic E-state index is 0.0341. The van der Waals surface area contributed by atoms with E-state index < -0.39 is 0 Å². The molecule has 0 bridgehead atoms. The zero-order chi connectivity index (χ0) is 10.2. The molecule has 0 spiro atoms. The number of oxazole rings is 1. The molecule has 2 nitrogen and oxygen atoms in total. The first kappa shape index (κ1) is 9.46. The van der Waals surface area contributed by atoms with Crippen molar-refractivity contribution in [1.29, 1.82) is 0 Å². The molecule has 0 saturated carbocycles. The van der Waals surface area contributed by atoms with E-state index >= 15 is 0 Å². The molecule has 14 heavy (non-hydrogen) atoms. The van der Waals surface area contributed by atoms with Gasteiger partial charge in [0.2, 0.25) is 0 Å². The lowest BCUT2D eigenvalue weighted by Gasteiger charge is -2.15. The number of rotatable bonds is 1. The number of nitrogens with zero attached hydrogens (tertiary/aromatic N) is 1. The Morgan fingerprint density at radius 3 is 2.71 bits per heavy atom. The summed E-state index contributed by atoms with van der Waals surface area (Å²) in [4.78, 5) is 5.43. The van der Waals surface area contributed by atoms with Crippen LogP contribution in [-0.2, 0) is 5.41 Å². The predicted octanol–water partition coefficient (Wildman–Crippen LogP) is 3.70. The first-order chi connectivity index (χ1) is 6.59. The maximum atomic E-state index is 5.43. The maximum absolute atomic E-state index is 5.43. The largest absolute Gasteiger partial charge is 0.442 e. The number of hydrogen-bond donors (Lipinski definition) is 0. The van der Waals surface area contributed by atoms with E-state index in [1.54, 1.807) is 11.3 Å². The van der Waals surface area contributed by atoms with E-state index in [4.69, 9.17) is 4.42 Å². The molecule has 0 aliphatic heterocycles. The van der Waals surface area contributed by atoms with E-state index in [1.807, 2.05) is 11.4 Å². The van der Waals surface area contributed by atoms with Gasteiger partial charge in [-0.05, 0) is 11.4 Å². The highest BCUT2D eigenvalue weighted by Gasteiger charge is 2.23. The molecule has 0 radical (unpaired) electrons. The molecule has 2 aromatic heterocycles. The molecule has 0 N–H and O–H groups in total. The van der Waals surface area contributed by atoms with Gasteiger partial charge < -0.3 is 4.42 Å². The van der Waals surface area contributed by atoms with Crippen molar-refractivity contribution in [3.8, 4) is 10.6 Å². The number of hydrogen-bond acceptors (Lipinski definition) is 3. The second-order valence-corrected chi connectivity index (χ2v) is 5.21. The van der Waals surface area contributed by atoms with Crippen LogP contribution >= 0.6 is 11.3 Å². The summed E-state index contributed by atoms with van der Waals surface area (Å²) < 4.78 is 5.43. The molecule has 0 saturated heterocycles. The Labute approximate surface area is 87.6 Å². The smallest absolute Gasteiger partial charge is 0.181 e. The van der Waals surface area contributed by atoms with Gasteiger partial charge in [-0.15, -0.1) is 11.3 Å². The van der Waals surface area contributed by atoms with Gasteiger partial charge in [0.05, 0.1) is 10.6 Å². The van der Waals surface area contributed by atoms with Crippen LogP contribution in [0.15, 0.2) is 28.3 Å². The van der Waals surface area contributed by atoms with Crippen molar-refractivity contribution in [2.45, 2.75) is 26.2 Å². The van der Waals surface area contributed by atoms with E-state index in [9.17, 15) is 0 Å². The molecule has 0 amide bonds. The topological polar surface area (TPSA) is 26.0 Å². The molecule has 2 heterocycles. The molecule has 0 fully saturated rings. The summed E-state index contributed by atoms with van der Waals surface area (Å²) in [7, 11) is 0. The zero-order valence-corrected chi connectivity index (χ0v) is 9.39. The minimum Gasteiger partial charge on any atom is -0.442 e. The van der Waals surface area contributed by atoms with Crippen LogP contribution in [0.2, 0.25) is 0 Å². The van der Waals surface area contributed by atoms with Crippen molar-refractivity contribution in [2.75, 3.05) is 0 Å². The van der Waals surface area contributed by atoms with Crippen LogP contribution in [0.25, 0.3) is 10.6 Å². The Hall–Kier alpha value is -1.09. The van der Waals surface area contributed by atoms with Crippen molar-refractivity contribution in [3.63, 3.8) is 0 Å². The van der Waals surface area contributed by atoms with E-state index in [0.717, 1.165) is 16.3 Å². The van der Waals surface area contributed by atoms with Gasteiger partial charge in [-0.2, -0.15) is 0 Å². The zero-order valence-electron chi connectivity index (χ0n) is 8.57. The van der Waals surface area contributed by atoms with E-state index in [2.05, 4.69) is 31.8 Å². The first-order valence-corrected chi connectivity index (χ1v) is 5.45. The van der Waals surface area contributed by atoms with Crippen LogP contribution in [-0.4, -0.2) is 4.98 Å². The fourth-order valence-electron chi connectivity index (χ4n) is 1.36. The molecule has 0 aliphatic rings. The van der Waals surface area contributed by atoms with Crippen LogP contribution in [0.5, 0.6) is 0 Å². The predicted molar refractivity (Wildman–Crippen MR) is 58.5 cm³/mol. The lowest BCUT2D eigenvalue weighted by Crippen LogP contribution is -2.12. The summed E-state index contributed by atoms with van der Waals surface area (Å²) in [6.45, 7) is 6.42. The standard InChI is InChI=1S/C11H13NOS/c1-11(2,3)10-9(13-7-12-10)8-5-4-6-14-8/h4-7H,1-3H3. The lowest BCUT2D eigenvalue weighted by molar-refractivity contribution is 0.551. The van der Waals surface area contributed by atoms with Crippen molar-refractivity contribution in [1.82, 2.24) is 4.98 Å². The summed E-state index contributed by atoms with van der Waals surface area (Å²) in [6.07, 6.45) is 1.52. The van der Waals surface area contributed by atoms with Crippen molar-refractivity contribution < 1.29 is 4.42 Å². The lowest BCUT2D eigenvalue weighted by atomic mass is 9.91. The summed E-state index contributed by atoms with van der Waals surface area (Å²) in [6, 6.07) is 4.08. The molecule has 0 aromatic carbocycles. The Morgan fingerprint density at radius 2 is 2.14 bits per heavy atom. The van der Waals surface area contributed by atoms with Gasteiger partial charge in [0.1, 0.15) is 0 Å². The van der Waals surface area contributed by atoms with Gasteiger partial charge in [0.25, 0.3) is 0 Å². The number of thiophene rings is 1. The molecule has 3 heteroatoms. The van der Waals surface area contributed by atoms with Gasteiger partial charge in [-0.3, -0.25) is 0 Å². The second kappa shape index (κ2) is 3.24. The maximum Gasteiger partial charge on any atom is 0.181 e. The highest BCUT2D eigenvalue weighted by atomic mass is 32.1. The molecule has 0 aliphatic carbocycles. The third kappa shape index (κ3) is 1.60. The summed E-state index contributed by atoms with van der Waals surface area (Å²) in [5.41, 5.74) is 1.06. The number of aromatic nitrogens is 1. The highest BCUT2D eigenvalue weighted by Crippen LogP contribution is 2.34. The SMILES string of the molecule is CC(C)(C)c1ncoc1-c1cccs1. The average Bonchev–Trinajstić information content (AvgIpc) is 2.73. The fourth-order valence-corrected chi connectivity index (χ4v) is 2.08. The van der Waals surface area contributed by atoms with Gasteiger partial charge in [0.15, 0.2) is 12.2 Å². The van der Waals surface area contributed by atoms with Gasteiger partial charge in [-0.1, -0.05) is 26.8 Å². The van der Waals surface area contributed by atoms with Crippen molar-refractivity contribution in [3.05, 3.63) is 29.6 Å². The molecule has 2 aromatic rings. The molecule has 2 rings (SSSR count). The Bertz CT molecular complexity index is 409. The molecule has 0 unspecified atom stereocenters. The minimum atomic E-state index is 0.0341. The average molecular weight is 207 g/mol. The van der Waals surface area contributed by atoms with E-state index in [0.29, 0.717) is 0 Å². The second-order valence-electron chi connectivity index (χ2n) is 4.26. The highest BCUT2D eigenvalue weighted by molar-refractivity contribution is 7.13. The van der Waals surface area contributed by atoms with Crippen LogP contribution in [0.4, 0.5) is 0 Å². The van der Waals surface area contributed by atoms with Gasteiger partial charge in [0, 0.05) is 5.41 Å². The third-order valence-corrected chi connectivity index (χ3v) is 2.89. The van der Waals surface area contributed by atoms with Crippen molar-refractivity contribution in [2.24, 2.45) is 0 Å².